The second-order valence-corrected chi connectivity index (χ2v) is 8.47. The molecule has 1 saturated heterocycles. The van der Waals surface area contributed by atoms with Crippen LogP contribution in [0.4, 0.5) is 0 Å². The zero-order valence-electron chi connectivity index (χ0n) is 15.1. The molecule has 1 aromatic carbocycles. The summed E-state index contributed by atoms with van der Waals surface area (Å²) >= 11 is 0. The van der Waals surface area contributed by atoms with Gasteiger partial charge in [-0.1, -0.05) is 12.1 Å². The number of hydrogen-bond donors (Lipinski definition) is 3. The van der Waals surface area contributed by atoms with E-state index in [-0.39, 0.29) is 54.7 Å². The van der Waals surface area contributed by atoms with Crippen molar-refractivity contribution in [3.63, 3.8) is 0 Å². The Morgan fingerprint density at radius 3 is 2.85 bits per heavy atom. The van der Waals surface area contributed by atoms with Crippen molar-refractivity contribution in [3.8, 4) is 5.75 Å². The molecule has 0 amide bonds. The van der Waals surface area contributed by atoms with Crippen molar-refractivity contribution in [3.05, 3.63) is 29.8 Å². The largest absolute Gasteiger partial charge is 0.491 e. The summed E-state index contributed by atoms with van der Waals surface area (Å²) in [6, 6.07) is 7.49. The van der Waals surface area contributed by atoms with Gasteiger partial charge in [-0.25, -0.2) is 8.42 Å². The van der Waals surface area contributed by atoms with Crippen molar-refractivity contribution >= 4 is 39.8 Å². The maximum atomic E-state index is 11.5. The molecule has 2 rings (SSSR count). The molecule has 9 heteroatoms. The van der Waals surface area contributed by atoms with E-state index in [4.69, 9.17) is 4.74 Å². The van der Waals surface area contributed by atoms with Crippen LogP contribution in [-0.4, -0.2) is 62.8 Å². The van der Waals surface area contributed by atoms with E-state index in [1.165, 1.54) is 0 Å². The third-order valence-electron chi connectivity index (χ3n) is 3.81. The van der Waals surface area contributed by atoms with Crippen LogP contribution in [0.3, 0.4) is 0 Å². The number of aryl methyl sites for hydroxylation is 1. The molecule has 3 N–H and O–H groups in total. The first-order valence-corrected chi connectivity index (χ1v) is 10.3. The van der Waals surface area contributed by atoms with Crippen LogP contribution >= 0.6 is 24.0 Å². The van der Waals surface area contributed by atoms with E-state index in [0.29, 0.717) is 24.7 Å². The summed E-state index contributed by atoms with van der Waals surface area (Å²) in [6.45, 7) is 4.87. The summed E-state index contributed by atoms with van der Waals surface area (Å²) in [5, 5.41) is 16.2. The van der Waals surface area contributed by atoms with Crippen molar-refractivity contribution in [2.75, 3.05) is 31.2 Å². The van der Waals surface area contributed by atoms with Crippen LogP contribution in [-0.2, 0) is 9.84 Å². The monoisotopic (exact) mass is 497 g/mol. The van der Waals surface area contributed by atoms with E-state index in [1.54, 1.807) is 0 Å². The maximum Gasteiger partial charge on any atom is 0.191 e. The highest BCUT2D eigenvalue weighted by Crippen LogP contribution is 2.13. The molecule has 2 unspecified atom stereocenters. The highest BCUT2D eigenvalue weighted by molar-refractivity contribution is 14.0. The number of nitrogens with one attached hydrogen (secondary N) is 2. The lowest BCUT2D eigenvalue weighted by atomic mass is 10.2. The predicted octanol–water partition coefficient (Wildman–Crippen LogP) is 1.09. The zero-order valence-corrected chi connectivity index (χ0v) is 18.3. The van der Waals surface area contributed by atoms with Crippen molar-refractivity contribution in [1.29, 1.82) is 0 Å². The molecule has 0 spiro atoms. The number of guanidine groups is 1. The summed E-state index contributed by atoms with van der Waals surface area (Å²) in [4.78, 5) is 4.32. The lowest BCUT2D eigenvalue weighted by molar-refractivity contribution is 0.114. The Morgan fingerprint density at radius 1 is 1.46 bits per heavy atom. The number of aliphatic hydroxyl groups is 1. The molecule has 148 valence electrons. The van der Waals surface area contributed by atoms with Gasteiger partial charge in [-0.3, -0.25) is 4.99 Å². The molecule has 0 bridgehead atoms. The van der Waals surface area contributed by atoms with E-state index in [0.717, 1.165) is 5.56 Å². The topological polar surface area (TPSA) is 100 Å². The lowest BCUT2D eigenvalue weighted by Gasteiger charge is -2.17. The van der Waals surface area contributed by atoms with E-state index in [2.05, 4.69) is 15.6 Å². The fourth-order valence-corrected chi connectivity index (χ4v) is 4.24. The number of rotatable bonds is 7. The van der Waals surface area contributed by atoms with E-state index < -0.39 is 15.9 Å². The van der Waals surface area contributed by atoms with Crippen LogP contribution in [0.5, 0.6) is 5.75 Å². The predicted molar refractivity (Wildman–Crippen MR) is 114 cm³/mol. The fraction of sp³-hybridized carbons (Fsp3) is 0.588. The molecule has 7 nitrogen and oxygen atoms in total. The summed E-state index contributed by atoms with van der Waals surface area (Å²) in [7, 11) is -2.94. The quantitative estimate of drug-likeness (QED) is 0.297. The van der Waals surface area contributed by atoms with Gasteiger partial charge in [0.1, 0.15) is 18.5 Å². The third kappa shape index (κ3) is 8.09. The molecule has 1 heterocycles. The summed E-state index contributed by atoms with van der Waals surface area (Å²) in [5.74, 6) is 1.55. The smallest absolute Gasteiger partial charge is 0.191 e. The minimum Gasteiger partial charge on any atom is -0.491 e. The van der Waals surface area contributed by atoms with Gasteiger partial charge < -0.3 is 20.5 Å². The third-order valence-corrected chi connectivity index (χ3v) is 5.58. The van der Waals surface area contributed by atoms with Gasteiger partial charge in [0.05, 0.1) is 18.1 Å². The Balaban J connectivity index is 0.00000338. The highest BCUT2D eigenvalue weighted by atomic mass is 127. The van der Waals surface area contributed by atoms with Crippen LogP contribution in [0.2, 0.25) is 0 Å². The molecule has 0 radical (unpaired) electrons. The molecule has 1 aliphatic rings. The van der Waals surface area contributed by atoms with Gasteiger partial charge in [0.25, 0.3) is 0 Å². The van der Waals surface area contributed by atoms with Crippen molar-refractivity contribution in [2.24, 2.45) is 4.99 Å². The number of aliphatic hydroxyl groups excluding tert-OH is 1. The Labute approximate surface area is 172 Å². The van der Waals surface area contributed by atoms with Gasteiger partial charge in [-0.2, -0.15) is 0 Å². The second kappa shape index (κ2) is 10.9. The average molecular weight is 497 g/mol. The van der Waals surface area contributed by atoms with Gasteiger partial charge in [-0.15, -0.1) is 24.0 Å². The van der Waals surface area contributed by atoms with E-state index in [9.17, 15) is 13.5 Å². The molecule has 0 saturated carbocycles. The summed E-state index contributed by atoms with van der Waals surface area (Å²) < 4.78 is 28.6. The number of aliphatic imine (C=N–C) groups is 1. The molecule has 1 fully saturated rings. The first kappa shape index (κ1) is 23.0. The summed E-state index contributed by atoms with van der Waals surface area (Å²) in [5.41, 5.74) is 1.09. The molecule has 0 aliphatic carbocycles. The van der Waals surface area contributed by atoms with Crippen molar-refractivity contribution in [1.82, 2.24) is 10.6 Å². The fourth-order valence-electron chi connectivity index (χ4n) is 2.57. The highest BCUT2D eigenvalue weighted by Gasteiger charge is 2.28. The standard InChI is InChI=1S/C17H27N3O4S.HI/c1-3-18-17(20-14-7-8-25(22,23)12-14)19-10-15(21)11-24-16-6-4-5-13(2)9-16;/h4-6,9,14-15,21H,3,7-8,10-12H2,1-2H3,(H2,18,19,20);1H. The summed E-state index contributed by atoms with van der Waals surface area (Å²) in [6.07, 6.45) is -0.172. The number of ether oxygens (including phenoxy) is 1. The first-order valence-electron chi connectivity index (χ1n) is 8.51. The Morgan fingerprint density at radius 2 is 2.23 bits per heavy atom. The van der Waals surface area contributed by atoms with Gasteiger partial charge in [-0.05, 0) is 38.0 Å². The number of sulfone groups is 1. The van der Waals surface area contributed by atoms with Crippen LogP contribution in [0.15, 0.2) is 29.3 Å². The molecule has 1 aliphatic heterocycles. The van der Waals surface area contributed by atoms with Crippen LogP contribution in [0, 0.1) is 6.92 Å². The minimum atomic E-state index is -2.94. The van der Waals surface area contributed by atoms with Gasteiger partial charge in [0.15, 0.2) is 15.8 Å². The van der Waals surface area contributed by atoms with E-state index in [1.807, 2.05) is 38.1 Å². The minimum absolute atomic E-state index is 0. The number of benzene rings is 1. The Bertz CT molecular complexity index is 697. The SMILES string of the molecule is CCNC(=NCC(O)COc1cccc(C)c1)NC1CCS(=O)(=O)C1.I. The molecule has 2 atom stereocenters. The second-order valence-electron chi connectivity index (χ2n) is 6.25. The van der Waals surface area contributed by atoms with Crippen molar-refractivity contribution in [2.45, 2.75) is 32.4 Å². The first-order chi connectivity index (χ1) is 11.9. The number of hydrogen-bond acceptors (Lipinski definition) is 5. The lowest BCUT2D eigenvalue weighted by Crippen LogP contribution is -2.44. The normalized spacial score (nSPS) is 20.1. The Hall–Kier alpha value is -1.07. The zero-order chi connectivity index (χ0) is 18.3. The molecule has 0 aromatic heterocycles. The average Bonchev–Trinajstić information content (AvgIpc) is 2.89. The van der Waals surface area contributed by atoms with Crippen LogP contribution < -0.4 is 15.4 Å². The molecule has 1 aromatic rings. The number of halogens is 1. The van der Waals surface area contributed by atoms with Gasteiger partial charge >= 0.3 is 0 Å². The van der Waals surface area contributed by atoms with Gasteiger partial charge in [0.2, 0.25) is 0 Å². The molecular formula is C17H28IN3O4S. The van der Waals surface area contributed by atoms with Crippen LogP contribution in [0.1, 0.15) is 18.9 Å². The molecule has 26 heavy (non-hydrogen) atoms. The molecular weight excluding hydrogens is 469 g/mol. The van der Waals surface area contributed by atoms with Gasteiger partial charge in [0, 0.05) is 12.6 Å². The maximum absolute atomic E-state index is 11.5. The van der Waals surface area contributed by atoms with E-state index >= 15 is 0 Å². The Kier molecular flexibility index (Phi) is 9.66. The van der Waals surface area contributed by atoms with Crippen LogP contribution in [0.25, 0.3) is 0 Å². The number of nitrogens with zero attached hydrogens (tertiary/aromatic N) is 1. The van der Waals surface area contributed by atoms with Crippen molar-refractivity contribution < 1.29 is 18.3 Å².